The van der Waals surface area contributed by atoms with Gasteiger partial charge in [-0.25, -0.2) is 4.79 Å². The first-order valence-electron chi connectivity index (χ1n) is 6.36. The Labute approximate surface area is 118 Å². The van der Waals surface area contributed by atoms with Crippen molar-refractivity contribution in [2.45, 2.75) is 6.54 Å². The third kappa shape index (κ3) is 8.23. The van der Waals surface area contributed by atoms with E-state index in [1.54, 1.807) is 0 Å². The average molecular weight is 281 g/mol. The van der Waals surface area contributed by atoms with E-state index >= 15 is 0 Å². The molecule has 110 valence electrons. The molecule has 20 heavy (non-hydrogen) atoms. The first-order chi connectivity index (χ1) is 9.83. The molecule has 0 atom stereocenters. The third-order valence-corrected chi connectivity index (χ3v) is 2.30. The highest BCUT2D eigenvalue weighted by atomic mass is 16.6. The van der Waals surface area contributed by atoms with Crippen molar-refractivity contribution < 1.29 is 23.8 Å². The molecule has 0 aliphatic heterocycles. The Hall–Kier alpha value is -1.92. The second-order valence-electron chi connectivity index (χ2n) is 3.83. The molecule has 0 unspecified atom stereocenters. The summed E-state index contributed by atoms with van der Waals surface area (Å²) in [5.41, 5.74) is 1.01. The van der Waals surface area contributed by atoms with Crippen LogP contribution in [0.3, 0.4) is 0 Å². The number of rotatable bonds is 10. The van der Waals surface area contributed by atoms with E-state index in [1.807, 2.05) is 30.3 Å². The predicted octanol–water partition coefficient (Wildman–Crippen LogP) is 1.14. The molecule has 0 aliphatic carbocycles. The number of carbonyl (C=O) groups is 2. The van der Waals surface area contributed by atoms with E-state index in [4.69, 9.17) is 14.2 Å². The van der Waals surface area contributed by atoms with Crippen LogP contribution in [0.25, 0.3) is 0 Å². The number of hydrogen-bond donors (Lipinski definition) is 1. The number of carbonyl (C=O) groups excluding carboxylic acids is 2. The number of alkyl carbamates (subject to hydrolysis) is 1. The molecule has 6 nitrogen and oxygen atoms in total. The number of nitrogens with one attached hydrogen (secondary N) is 1. The lowest BCUT2D eigenvalue weighted by molar-refractivity contribution is -0.112. The summed E-state index contributed by atoms with van der Waals surface area (Å²) in [6.45, 7) is 1.68. The number of ether oxygens (including phenoxy) is 3. The van der Waals surface area contributed by atoms with Crippen LogP contribution in [0.15, 0.2) is 30.3 Å². The summed E-state index contributed by atoms with van der Waals surface area (Å²) in [5.74, 6) is 0. The summed E-state index contributed by atoms with van der Waals surface area (Å²) in [5, 5.41) is 2.64. The van der Waals surface area contributed by atoms with Crippen LogP contribution in [0, 0.1) is 0 Å². The second kappa shape index (κ2) is 11.0. The van der Waals surface area contributed by atoms with Gasteiger partial charge < -0.3 is 24.3 Å². The normalized spacial score (nSPS) is 10.0. The minimum absolute atomic E-state index is 0.0712. The van der Waals surface area contributed by atoms with Crippen molar-refractivity contribution in [1.82, 2.24) is 5.32 Å². The highest BCUT2D eigenvalue weighted by Gasteiger charge is 2.01. The van der Waals surface area contributed by atoms with Gasteiger partial charge in [-0.3, -0.25) is 0 Å². The summed E-state index contributed by atoms with van der Waals surface area (Å²) in [6, 6.07) is 9.56. The molecule has 0 aromatic heterocycles. The van der Waals surface area contributed by atoms with Crippen molar-refractivity contribution in [3.63, 3.8) is 0 Å². The predicted molar refractivity (Wildman–Crippen MR) is 72.3 cm³/mol. The third-order valence-electron chi connectivity index (χ3n) is 2.30. The standard InChI is InChI=1S/C14H19NO5/c16-6-7-18-8-9-19-10-11-20-14(17)15-12-13-4-2-1-3-5-13/h1-6H,7-12H2,(H,15,17). The Bertz CT molecular complexity index is 382. The topological polar surface area (TPSA) is 73.9 Å². The highest BCUT2D eigenvalue weighted by molar-refractivity contribution is 5.67. The van der Waals surface area contributed by atoms with E-state index in [1.165, 1.54) is 0 Å². The zero-order chi connectivity index (χ0) is 14.5. The molecule has 0 heterocycles. The van der Waals surface area contributed by atoms with Gasteiger partial charge in [-0.2, -0.15) is 0 Å². The van der Waals surface area contributed by atoms with Crippen LogP contribution in [-0.4, -0.2) is 45.4 Å². The summed E-state index contributed by atoms with van der Waals surface area (Å²) in [7, 11) is 0. The molecule has 0 saturated carbocycles. The molecule has 6 heteroatoms. The van der Waals surface area contributed by atoms with E-state index in [0.717, 1.165) is 5.56 Å². The van der Waals surface area contributed by atoms with E-state index in [9.17, 15) is 9.59 Å². The van der Waals surface area contributed by atoms with Gasteiger partial charge in [0.1, 0.15) is 19.5 Å². The van der Waals surface area contributed by atoms with Crippen LogP contribution < -0.4 is 5.32 Å². The van der Waals surface area contributed by atoms with Crippen LogP contribution in [-0.2, 0) is 25.5 Å². The molecule has 0 spiro atoms. The van der Waals surface area contributed by atoms with E-state index in [0.29, 0.717) is 32.7 Å². The number of aldehydes is 1. The Morgan fingerprint density at radius 3 is 2.50 bits per heavy atom. The fourth-order valence-electron chi connectivity index (χ4n) is 1.37. The quantitative estimate of drug-likeness (QED) is 0.514. The van der Waals surface area contributed by atoms with Crippen molar-refractivity contribution in [3.05, 3.63) is 35.9 Å². The summed E-state index contributed by atoms with van der Waals surface area (Å²) >= 11 is 0. The van der Waals surface area contributed by atoms with Crippen LogP contribution in [0.4, 0.5) is 4.79 Å². The minimum Gasteiger partial charge on any atom is -0.447 e. The van der Waals surface area contributed by atoms with Gasteiger partial charge in [0.2, 0.25) is 0 Å². The van der Waals surface area contributed by atoms with Crippen LogP contribution in [0.5, 0.6) is 0 Å². The SMILES string of the molecule is O=CCOCCOCCOC(=O)NCc1ccccc1. The minimum atomic E-state index is -0.477. The first kappa shape index (κ1) is 16.1. The van der Waals surface area contributed by atoms with Gasteiger partial charge in [-0.15, -0.1) is 0 Å². The van der Waals surface area contributed by atoms with E-state index < -0.39 is 6.09 Å². The number of amides is 1. The maximum absolute atomic E-state index is 11.3. The van der Waals surface area contributed by atoms with Gasteiger partial charge in [0.25, 0.3) is 0 Å². The van der Waals surface area contributed by atoms with Gasteiger partial charge in [0.15, 0.2) is 0 Å². The largest absolute Gasteiger partial charge is 0.447 e. The Morgan fingerprint density at radius 2 is 1.75 bits per heavy atom. The summed E-state index contributed by atoms with van der Waals surface area (Å²) < 4.78 is 15.0. The van der Waals surface area contributed by atoms with Gasteiger partial charge in [0, 0.05) is 6.54 Å². The van der Waals surface area contributed by atoms with Crippen molar-refractivity contribution >= 4 is 12.4 Å². The Kier molecular flexibility index (Phi) is 8.84. The molecule has 1 rings (SSSR count). The summed E-state index contributed by atoms with van der Waals surface area (Å²) in [4.78, 5) is 21.3. The monoisotopic (exact) mass is 281 g/mol. The van der Waals surface area contributed by atoms with E-state index in [2.05, 4.69) is 5.32 Å². The Morgan fingerprint density at radius 1 is 1.05 bits per heavy atom. The van der Waals surface area contributed by atoms with Crippen molar-refractivity contribution in [2.24, 2.45) is 0 Å². The van der Waals surface area contributed by atoms with Crippen LogP contribution in [0.2, 0.25) is 0 Å². The molecular weight excluding hydrogens is 262 g/mol. The molecule has 1 aromatic rings. The van der Waals surface area contributed by atoms with Gasteiger partial charge in [-0.05, 0) is 5.56 Å². The zero-order valence-electron chi connectivity index (χ0n) is 11.2. The maximum atomic E-state index is 11.3. The van der Waals surface area contributed by atoms with Crippen LogP contribution >= 0.6 is 0 Å². The maximum Gasteiger partial charge on any atom is 0.407 e. The highest BCUT2D eigenvalue weighted by Crippen LogP contribution is 1.97. The van der Waals surface area contributed by atoms with Crippen LogP contribution in [0.1, 0.15) is 5.56 Å². The van der Waals surface area contributed by atoms with E-state index in [-0.39, 0.29) is 13.2 Å². The average Bonchev–Trinajstić information content (AvgIpc) is 2.49. The van der Waals surface area contributed by atoms with Gasteiger partial charge in [0.05, 0.1) is 19.8 Å². The lowest BCUT2D eigenvalue weighted by Gasteiger charge is -2.07. The fourth-order valence-corrected chi connectivity index (χ4v) is 1.37. The smallest absolute Gasteiger partial charge is 0.407 e. The number of hydrogen-bond acceptors (Lipinski definition) is 5. The second-order valence-corrected chi connectivity index (χ2v) is 3.83. The summed E-state index contributed by atoms with van der Waals surface area (Å²) in [6.07, 6.45) is 0.204. The lowest BCUT2D eigenvalue weighted by atomic mass is 10.2. The Balaban J connectivity index is 1.94. The van der Waals surface area contributed by atoms with Gasteiger partial charge >= 0.3 is 6.09 Å². The number of benzene rings is 1. The molecule has 0 fully saturated rings. The molecule has 0 saturated heterocycles. The molecule has 1 amide bonds. The molecule has 1 N–H and O–H groups in total. The lowest BCUT2D eigenvalue weighted by Crippen LogP contribution is -2.25. The molecule has 0 bridgehead atoms. The van der Waals surface area contributed by atoms with Gasteiger partial charge in [-0.1, -0.05) is 30.3 Å². The zero-order valence-corrected chi connectivity index (χ0v) is 11.2. The first-order valence-corrected chi connectivity index (χ1v) is 6.36. The molecular formula is C14H19NO5. The van der Waals surface area contributed by atoms with Crippen molar-refractivity contribution in [1.29, 1.82) is 0 Å². The molecule has 0 aliphatic rings. The van der Waals surface area contributed by atoms with Crippen molar-refractivity contribution in [3.8, 4) is 0 Å². The molecule has 0 radical (unpaired) electrons. The molecule has 1 aromatic carbocycles. The van der Waals surface area contributed by atoms with Crippen molar-refractivity contribution in [2.75, 3.05) is 33.0 Å². The fraction of sp³-hybridized carbons (Fsp3) is 0.429.